The number of amides is 2. The summed E-state index contributed by atoms with van der Waals surface area (Å²) in [5.74, 6) is -0.656. The smallest absolute Gasteiger partial charge is 0.273 e. The molecule has 1 atom stereocenters. The number of nitrogens with one attached hydrogen (secondary N) is 3. The van der Waals surface area contributed by atoms with Crippen LogP contribution in [0.2, 0.25) is 0 Å². The van der Waals surface area contributed by atoms with Gasteiger partial charge in [-0.3, -0.25) is 14.7 Å². The topological polar surface area (TPSA) is 86.9 Å². The predicted molar refractivity (Wildman–Crippen MR) is 86.0 cm³/mol. The van der Waals surface area contributed by atoms with Crippen molar-refractivity contribution < 1.29 is 9.59 Å². The lowest BCUT2D eigenvalue weighted by Crippen LogP contribution is -2.41. The van der Waals surface area contributed by atoms with Crippen LogP contribution in [0.3, 0.4) is 0 Å². The highest BCUT2D eigenvalue weighted by Gasteiger charge is 2.20. The first-order valence-electron chi connectivity index (χ1n) is 6.72. The SMILES string of the molecule is CC(NC(=O)c1n[nH]c2ccccc12)C(=O)Nc1ccsc1. The molecule has 0 spiro atoms. The Hall–Kier alpha value is -2.67. The second-order valence-electron chi connectivity index (χ2n) is 4.81. The molecule has 3 rings (SSSR count). The molecule has 6 nitrogen and oxygen atoms in total. The third-order valence-corrected chi connectivity index (χ3v) is 3.90. The van der Waals surface area contributed by atoms with Crippen molar-refractivity contribution in [1.29, 1.82) is 0 Å². The number of nitrogens with zero attached hydrogens (tertiary/aromatic N) is 1. The number of benzene rings is 1. The van der Waals surface area contributed by atoms with Crippen molar-refractivity contribution in [2.75, 3.05) is 5.32 Å². The molecule has 2 heterocycles. The first kappa shape index (κ1) is 14.3. The van der Waals surface area contributed by atoms with Crippen LogP contribution >= 0.6 is 11.3 Å². The fourth-order valence-electron chi connectivity index (χ4n) is 2.05. The molecule has 0 aliphatic carbocycles. The molecule has 0 radical (unpaired) electrons. The number of para-hydroxylation sites is 1. The molecule has 0 bridgehead atoms. The predicted octanol–water partition coefficient (Wildman–Crippen LogP) is 2.38. The zero-order chi connectivity index (χ0) is 15.5. The Morgan fingerprint density at radius 2 is 2.09 bits per heavy atom. The molecule has 7 heteroatoms. The number of aromatic nitrogens is 2. The van der Waals surface area contributed by atoms with E-state index in [4.69, 9.17) is 0 Å². The van der Waals surface area contributed by atoms with Crippen LogP contribution in [-0.4, -0.2) is 28.1 Å². The number of anilines is 1. The Bertz CT molecular complexity index is 810. The third-order valence-electron chi connectivity index (χ3n) is 3.22. The Morgan fingerprint density at radius 3 is 2.86 bits per heavy atom. The van der Waals surface area contributed by atoms with E-state index < -0.39 is 6.04 Å². The van der Waals surface area contributed by atoms with Gasteiger partial charge < -0.3 is 10.6 Å². The number of hydrogen-bond donors (Lipinski definition) is 3. The fourth-order valence-corrected chi connectivity index (χ4v) is 2.64. The zero-order valence-electron chi connectivity index (χ0n) is 11.8. The van der Waals surface area contributed by atoms with E-state index in [0.29, 0.717) is 0 Å². The van der Waals surface area contributed by atoms with Crippen molar-refractivity contribution in [2.45, 2.75) is 13.0 Å². The molecule has 0 aliphatic heterocycles. The van der Waals surface area contributed by atoms with Gasteiger partial charge in [-0.25, -0.2) is 0 Å². The zero-order valence-corrected chi connectivity index (χ0v) is 12.6. The summed E-state index contributed by atoms with van der Waals surface area (Å²) in [4.78, 5) is 24.3. The Morgan fingerprint density at radius 1 is 1.27 bits per heavy atom. The molecular weight excluding hydrogens is 300 g/mol. The summed E-state index contributed by atoms with van der Waals surface area (Å²) >= 11 is 1.49. The summed E-state index contributed by atoms with van der Waals surface area (Å²) < 4.78 is 0. The van der Waals surface area contributed by atoms with E-state index in [1.807, 2.05) is 35.0 Å². The van der Waals surface area contributed by atoms with Crippen molar-refractivity contribution in [1.82, 2.24) is 15.5 Å². The Labute approximate surface area is 130 Å². The van der Waals surface area contributed by atoms with Crippen LogP contribution < -0.4 is 10.6 Å². The van der Waals surface area contributed by atoms with Gasteiger partial charge in [0.1, 0.15) is 6.04 Å². The van der Waals surface area contributed by atoms with Crippen molar-refractivity contribution in [2.24, 2.45) is 0 Å². The second-order valence-corrected chi connectivity index (χ2v) is 5.59. The number of carbonyl (C=O) groups is 2. The van der Waals surface area contributed by atoms with Crippen LogP contribution in [0.5, 0.6) is 0 Å². The van der Waals surface area contributed by atoms with E-state index in [-0.39, 0.29) is 17.5 Å². The van der Waals surface area contributed by atoms with Gasteiger partial charge in [-0.05, 0) is 24.4 Å². The average molecular weight is 314 g/mol. The maximum atomic E-state index is 12.3. The first-order chi connectivity index (χ1) is 10.6. The molecule has 2 aromatic heterocycles. The minimum atomic E-state index is -0.664. The molecule has 22 heavy (non-hydrogen) atoms. The van der Waals surface area contributed by atoms with E-state index in [2.05, 4.69) is 20.8 Å². The maximum absolute atomic E-state index is 12.3. The highest BCUT2D eigenvalue weighted by Crippen LogP contribution is 2.15. The minimum absolute atomic E-state index is 0.272. The lowest BCUT2D eigenvalue weighted by molar-refractivity contribution is -0.117. The first-order valence-corrected chi connectivity index (χ1v) is 7.66. The van der Waals surface area contributed by atoms with E-state index in [1.54, 1.807) is 13.0 Å². The van der Waals surface area contributed by atoms with Gasteiger partial charge in [0.25, 0.3) is 5.91 Å². The van der Waals surface area contributed by atoms with Gasteiger partial charge in [-0.1, -0.05) is 18.2 Å². The Kier molecular flexibility index (Phi) is 3.88. The molecule has 1 unspecified atom stereocenters. The van der Waals surface area contributed by atoms with Gasteiger partial charge >= 0.3 is 0 Å². The molecule has 0 saturated carbocycles. The molecule has 2 amide bonds. The molecular formula is C15H14N4O2S. The van der Waals surface area contributed by atoms with Crippen molar-refractivity contribution in [3.05, 3.63) is 46.8 Å². The number of aromatic amines is 1. The average Bonchev–Trinajstić information content (AvgIpc) is 3.15. The summed E-state index contributed by atoms with van der Waals surface area (Å²) in [6.45, 7) is 1.63. The second kappa shape index (κ2) is 5.98. The highest BCUT2D eigenvalue weighted by atomic mass is 32.1. The van der Waals surface area contributed by atoms with Gasteiger partial charge in [0.2, 0.25) is 5.91 Å². The molecule has 1 aromatic carbocycles. The van der Waals surface area contributed by atoms with Crippen LogP contribution in [0.4, 0.5) is 5.69 Å². The minimum Gasteiger partial charge on any atom is -0.339 e. The number of thiophene rings is 1. The fraction of sp³-hybridized carbons (Fsp3) is 0.133. The van der Waals surface area contributed by atoms with Crippen LogP contribution in [0.15, 0.2) is 41.1 Å². The number of hydrogen-bond acceptors (Lipinski definition) is 4. The van der Waals surface area contributed by atoms with E-state index >= 15 is 0 Å². The van der Waals surface area contributed by atoms with E-state index in [9.17, 15) is 9.59 Å². The standard InChI is InChI=1S/C15H14N4O2S/c1-9(14(20)17-10-6-7-22-8-10)16-15(21)13-11-4-2-3-5-12(11)18-19-13/h2-9H,1H3,(H,16,21)(H,17,20)(H,18,19). The van der Waals surface area contributed by atoms with Crippen LogP contribution in [0.1, 0.15) is 17.4 Å². The number of rotatable bonds is 4. The van der Waals surface area contributed by atoms with Crippen molar-refractivity contribution in [3.63, 3.8) is 0 Å². The number of carbonyl (C=O) groups excluding carboxylic acids is 2. The lowest BCUT2D eigenvalue weighted by atomic mass is 10.2. The van der Waals surface area contributed by atoms with Gasteiger partial charge in [0.15, 0.2) is 5.69 Å². The van der Waals surface area contributed by atoms with Gasteiger partial charge in [-0.15, -0.1) is 0 Å². The summed E-state index contributed by atoms with van der Waals surface area (Å²) in [6.07, 6.45) is 0. The summed E-state index contributed by atoms with van der Waals surface area (Å²) in [7, 11) is 0. The van der Waals surface area contributed by atoms with Gasteiger partial charge in [-0.2, -0.15) is 16.4 Å². The van der Waals surface area contributed by atoms with Crippen LogP contribution in [0, 0.1) is 0 Å². The summed E-state index contributed by atoms with van der Waals surface area (Å²) in [5, 5.41) is 16.6. The highest BCUT2D eigenvalue weighted by molar-refractivity contribution is 7.08. The molecule has 0 aliphatic rings. The summed E-state index contributed by atoms with van der Waals surface area (Å²) in [6, 6.07) is 8.48. The summed E-state index contributed by atoms with van der Waals surface area (Å²) in [5.41, 5.74) is 1.79. The van der Waals surface area contributed by atoms with Crippen LogP contribution in [0.25, 0.3) is 10.9 Å². The van der Waals surface area contributed by atoms with Gasteiger partial charge in [0.05, 0.1) is 11.2 Å². The Balaban J connectivity index is 1.69. The maximum Gasteiger partial charge on any atom is 0.273 e. The molecule has 112 valence electrons. The quantitative estimate of drug-likeness (QED) is 0.691. The molecule has 3 aromatic rings. The van der Waals surface area contributed by atoms with Crippen molar-refractivity contribution in [3.8, 4) is 0 Å². The number of fused-ring (bicyclic) bond motifs is 1. The monoisotopic (exact) mass is 314 g/mol. The largest absolute Gasteiger partial charge is 0.339 e. The van der Waals surface area contributed by atoms with E-state index in [0.717, 1.165) is 16.6 Å². The lowest BCUT2D eigenvalue weighted by Gasteiger charge is -2.12. The molecule has 0 saturated heterocycles. The normalized spacial score (nSPS) is 12.0. The third kappa shape index (κ3) is 2.84. The van der Waals surface area contributed by atoms with Crippen LogP contribution in [-0.2, 0) is 4.79 Å². The van der Waals surface area contributed by atoms with Gasteiger partial charge in [0, 0.05) is 10.8 Å². The van der Waals surface area contributed by atoms with Crippen molar-refractivity contribution >= 4 is 39.7 Å². The molecule has 0 fully saturated rings. The molecule has 3 N–H and O–H groups in total. The number of H-pyrrole nitrogens is 1. The van der Waals surface area contributed by atoms with E-state index in [1.165, 1.54) is 11.3 Å².